The quantitative estimate of drug-likeness (QED) is 0.295. The molecule has 1 N–H and O–H groups in total. The molecule has 0 atom stereocenters. The van der Waals surface area contributed by atoms with Crippen molar-refractivity contribution in [3.63, 3.8) is 0 Å². The lowest BCUT2D eigenvalue weighted by Crippen LogP contribution is -2.24. The second kappa shape index (κ2) is 8.63. The van der Waals surface area contributed by atoms with Gasteiger partial charge in [0.2, 0.25) is 0 Å². The van der Waals surface area contributed by atoms with E-state index in [0.717, 1.165) is 31.3 Å². The highest BCUT2D eigenvalue weighted by Gasteiger charge is 2.11. The number of rotatable bonds is 5. The summed E-state index contributed by atoms with van der Waals surface area (Å²) in [5, 5.41) is 1.68. The molecule has 3 aromatic carbocycles. The number of aromatic amines is 1. The minimum absolute atomic E-state index is 0.0439. The number of hydrogen-bond donors (Lipinski definition) is 1. The Labute approximate surface area is 198 Å². The maximum atomic E-state index is 13.4. The van der Waals surface area contributed by atoms with Crippen LogP contribution in [-0.2, 0) is 6.54 Å². The molecular formula is C26H20IN3O2. The predicted molar refractivity (Wildman–Crippen MR) is 138 cm³/mol. The molecule has 0 bridgehead atoms. The molecule has 0 aliphatic heterocycles. The first-order valence-electron chi connectivity index (χ1n) is 10.2. The van der Waals surface area contributed by atoms with E-state index >= 15 is 0 Å². The first-order valence-corrected chi connectivity index (χ1v) is 11.3. The Morgan fingerprint density at radius 3 is 2.69 bits per heavy atom. The number of benzene rings is 3. The number of ether oxygens (including phenoxy) is 1. The van der Waals surface area contributed by atoms with Crippen LogP contribution in [0.5, 0.6) is 5.75 Å². The SMILES string of the molecule is COc1ccc2[nH]cc(C=Cc3nc4ccc(I)cc4c(=O)n3Cc3ccccc3)c2c1. The van der Waals surface area contributed by atoms with Crippen molar-refractivity contribution in [2.24, 2.45) is 0 Å². The van der Waals surface area contributed by atoms with Crippen LogP contribution in [0.25, 0.3) is 34.0 Å². The van der Waals surface area contributed by atoms with Gasteiger partial charge in [0.25, 0.3) is 5.56 Å². The van der Waals surface area contributed by atoms with Gasteiger partial charge in [-0.05, 0) is 76.7 Å². The van der Waals surface area contributed by atoms with Gasteiger partial charge in [0.1, 0.15) is 11.6 Å². The van der Waals surface area contributed by atoms with E-state index in [9.17, 15) is 4.79 Å². The van der Waals surface area contributed by atoms with Gasteiger partial charge in [0, 0.05) is 26.2 Å². The molecule has 32 heavy (non-hydrogen) atoms. The van der Waals surface area contributed by atoms with Crippen molar-refractivity contribution in [2.45, 2.75) is 6.54 Å². The Bertz CT molecular complexity index is 1520. The van der Waals surface area contributed by atoms with Gasteiger partial charge in [-0.15, -0.1) is 0 Å². The second-order valence-electron chi connectivity index (χ2n) is 7.50. The number of aromatic nitrogens is 3. The van der Waals surface area contributed by atoms with E-state index in [1.54, 1.807) is 11.7 Å². The van der Waals surface area contributed by atoms with Gasteiger partial charge in [-0.2, -0.15) is 0 Å². The maximum Gasteiger partial charge on any atom is 0.261 e. The van der Waals surface area contributed by atoms with Crippen molar-refractivity contribution >= 4 is 56.5 Å². The Balaban J connectivity index is 1.65. The number of hydrogen-bond acceptors (Lipinski definition) is 3. The maximum absolute atomic E-state index is 13.4. The van der Waals surface area contributed by atoms with E-state index in [1.165, 1.54) is 0 Å². The van der Waals surface area contributed by atoms with Gasteiger partial charge >= 0.3 is 0 Å². The monoisotopic (exact) mass is 533 g/mol. The van der Waals surface area contributed by atoms with Crippen molar-refractivity contribution in [1.29, 1.82) is 0 Å². The zero-order chi connectivity index (χ0) is 22.1. The van der Waals surface area contributed by atoms with Crippen LogP contribution in [0, 0.1) is 3.57 Å². The summed E-state index contributed by atoms with van der Waals surface area (Å²) < 4.78 is 8.12. The zero-order valence-corrected chi connectivity index (χ0v) is 19.5. The fourth-order valence-electron chi connectivity index (χ4n) is 3.81. The van der Waals surface area contributed by atoms with Crippen LogP contribution in [0.4, 0.5) is 0 Å². The highest BCUT2D eigenvalue weighted by Crippen LogP contribution is 2.25. The highest BCUT2D eigenvalue weighted by molar-refractivity contribution is 14.1. The van der Waals surface area contributed by atoms with Crippen LogP contribution >= 0.6 is 22.6 Å². The summed E-state index contributed by atoms with van der Waals surface area (Å²) >= 11 is 2.22. The van der Waals surface area contributed by atoms with Crippen molar-refractivity contribution in [3.05, 3.63) is 104 Å². The van der Waals surface area contributed by atoms with Gasteiger partial charge in [0.15, 0.2) is 0 Å². The van der Waals surface area contributed by atoms with Gasteiger partial charge in [0.05, 0.1) is 24.6 Å². The summed E-state index contributed by atoms with van der Waals surface area (Å²) in [6.45, 7) is 0.454. The van der Waals surface area contributed by atoms with E-state index in [0.29, 0.717) is 23.3 Å². The molecule has 0 saturated heterocycles. The van der Waals surface area contributed by atoms with Gasteiger partial charge < -0.3 is 9.72 Å². The van der Waals surface area contributed by atoms with Gasteiger partial charge in [-0.25, -0.2) is 4.98 Å². The second-order valence-corrected chi connectivity index (χ2v) is 8.74. The molecule has 0 fully saturated rings. The minimum atomic E-state index is -0.0439. The molecule has 0 spiro atoms. The Morgan fingerprint density at radius 2 is 1.88 bits per heavy atom. The van der Waals surface area contributed by atoms with Gasteiger partial charge in [-0.1, -0.05) is 30.3 Å². The summed E-state index contributed by atoms with van der Waals surface area (Å²) in [6, 6.07) is 21.6. The molecule has 2 heterocycles. The van der Waals surface area contributed by atoms with Crippen LogP contribution in [0.1, 0.15) is 17.0 Å². The van der Waals surface area contributed by atoms with Crippen LogP contribution in [0.2, 0.25) is 0 Å². The third-order valence-corrected chi connectivity index (χ3v) is 6.13. The smallest absolute Gasteiger partial charge is 0.261 e. The van der Waals surface area contributed by atoms with Crippen molar-refractivity contribution in [3.8, 4) is 5.75 Å². The Morgan fingerprint density at radius 1 is 1.03 bits per heavy atom. The number of nitrogens with one attached hydrogen (secondary N) is 1. The summed E-state index contributed by atoms with van der Waals surface area (Å²) in [5.74, 6) is 1.41. The van der Waals surface area contributed by atoms with Gasteiger partial charge in [-0.3, -0.25) is 9.36 Å². The Kier molecular flexibility index (Phi) is 5.53. The number of methoxy groups -OCH3 is 1. The molecule has 0 amide bonds. The predicted octanol–water partition coefficient (Wildman–Crippen LogP) is 5.71. The van der Waals surface area contributed by atoms with Crippen LogP contribution in [0.15, 0.2) is 77.7 Å². The lowest BCUT2D eigenvalue weighted by molar-refractivity contribution is 0.415. The van der Waals surface area contributed by atoms with E-state index in [-0.39, 0.29) is 5.56 Å². The molecule has 0 aliphatic rings. The molecule has 0 saturated carbocycles. The largest absolute Gasteiger partial charge is 0.497 e. The molecular weight excluding hydrogens is 513 g/mol. The molecule has 158 valence electrons. The molecule has 0 radical (unpaired) electrons. The van der Waals surface area contributed by atoms with E-state index in [1.807, 2.05) is 85.1 Å². The summed E-state index contributed by atoms with van der Waals surface area (Å²) in [5.41, 5.74) is 3.72. The molecule has 5 nitrogen and oxygen atoms in total. The number of nitrogens with zero attached hydrogens (tertiary/aromatic N) is 2. The standard InChI is InChI=1S/C26H20IN3O2/c1-32-20-9-11-23-21(14-20)18(15-28-23)7-12-25-29-24-10-8-19(27)13-22(24)26(31)30(25)16-17-5-3-2-4-6-17/h2-15,28H,16H2,1H3. The van der Waals surface area contributed by atoms with E-state index < -0.39 is 0 Å². The highest BCUT2D eigenvalue weighted by atomic mass is 127. The molecule has 0 unspecified atom stereocenters. The molecule has 2 aromatic heterocycles. The number of H-pyrrole nitrogens is 1. The Hall–Kier alpha value is -3.39. The minimum Gasteiger partial charge on any atom is -0.497 e. The first-order chi connectivity index (χ1) is 15.6. The zero-order valence-electron chi connectivity index (χ0n) is 17.4. The number of halogens is 1. The third kappa shape index (κ3) is 3.93. The topological polar surface area (TPSA) is 59.9 Å². The lowest BCUT2D eigenvalue weighted by Gasteiger charge is -2.12. The van der Waals surface area contributed by atoms with Crippen molar-refractivity contribution < 1.29 is 4.74 Å². The average Bonchev–Trinajstić information content (AvgIpc) is 3.23. The lowest BCUT2D eigenvalue weighted by atomic mass is 10.1. The molecule has 6 heteroatoms. The fraction of sp³-hybridized carbons (Fsp3) is 0.0769. The normalized spacial score (nSPS) is 11.6. The molecule has 0 aliphatic carbocycles. The average molecular weight is 533 g/mol. The van der Waals surface area contributed by atoms with Crippen molar-refractivity contribution in [1.82, 2.24) is 14.5 Å². The van der Waals surface area contributed by atoms with E-state index in [4.69, 9.17) is 9.72 Å². The third-order valence-electron chi connectivity index (χ3n) is 5.46. The van der Waals surface area contributed by atoms with Crippen molar-refractivity contribution in [2.75, 3.05) is 7.11 Å². The summed E-state index contributed by atoms with van der Waals surface area (Å²) in [6.07, 6.45) is 5.84. The van der Waals surface area contributed by atoms with Crippen LogP contribution in [0.3, 0.4) is 0 Å². The number of fused-ring (bicyclic) bond motifs is 2. The van der Waals surface area contributed by atoms with Crippen LogP contribution in [-0.4, -0.2) is 21.6 Å². The first kappa shape index (κ1) is 20.5. The molecule has 5 rings (SSSR count). The van der Waals surface area contributed by atoms with Crippen LogP contribution < -0.4 is 10.3 Å². The van der Waals surface area contributed by atoms with E-state index in [2.05, 4.69) is 27.6 Å². The fourth-order valence-corrected chi connectivity index (χ4v) is 4.30. The summed E-state index contributed by atoms with van der Waals surface area (Å²) in [7, 11) is 1.66. The summed E-state index contributed by atoms with van der Waals surface area (Å²) in [4.78, 5) is 21.5. The molecule has 5 aromatic rings.